The summed E-state index contributed by atoms with van der Waals surface area (Å²) in [6, 6.07) is 3.65. The molecule has 2 rings (SSSR count). The maximum Gasteiger partial charge on any atom is 0.417 e. The van der Waals surface area contributed by atoms with E-state index in [1.807, 2.05) is 0 Å². The fourth-order valence-electron chi connectivity index (χ4n) is 2.68. The van der Waals surface area contributed by atoms with Crippen LogP contribution in [0.2, 0.25) is 5.02 Å². The number of hydrogen-bond acceptors (Lipinski definition) is 2. The predicted molar refractivity (Wildman–Crippen MR) is 95.6 cm³/mol. The third-order valence-electron chi connectivity index (χ3n) is 3.91. The van der Waals surface area contributed by atoms with E-state index in [0.29, 0.717) is 11.7 Å². The van der Waals surface area contributed by atoms with Crippen LogP contribution in [-0.4, -0.2) is 36.2 Å². The summed E-state index contributed by atoms with van der Waals surface area (Å²) < 4.78 is 38.5. The van der Waals surface area contributed by atoms with Gasteiger partial charge in [0.25, 0.3) is 0 Å². The second kappa shape index (κ2) is 8.87. The summed E-state index contributed by atoms with van der Waals surface area (Å²) in [6.07, 6.45) is 0.273. The Hall–Kier alpha value is -1.05. The van der Waals surface area contributed by atoms with Crippen molar-refractivity contribution in [1.82, 2.24) is 10.2 Å². The number of nitrogens with zero attached hydrogens (tertiary/aromatic N) is 1. The van der Waals surface area contributed by atoms with Crippen molar-refractivity contribution >= 4 is 34.6 Å². The molecule has 1 aliphatic heterocycles. The lowest BCUT2D eigenvalue weighted by molar-refractivity contribution is -0.137. The predicted octanol–water partition coefficient (Wildman–Crippen LogP) is 4.52. The summed E-state index contributed by atoms with van der Waals surface area (Å²) in [4.78, 5) is 2.43. The van der Waals surface area contributed by atoms with Gasteiger partial charge >= 0.3 is 6.18 Å². The van der Waals surface area contributed by atoms with Crippen LogP contribution in [0, 0.1) is 0 Å². The van der Waals surface area contributed by atoms with Gasteiger partial charge in [0.2, 0.25) is 0 Å². The molecule has 0 atom stereocenters. The standard InChI is InChI=1S/C16H21ClF3N3S/c17-14-6-5-12(11-13(14)16(18,19)20)22-15(24)21-7-4-10-23-8-2-1-3-9-23/h5-6,11H,1-4,7-10H2,(H2,21,22,24). The first-order valence-electron chi connectivity index (χ1n) is 8.00. The van der Waals surface area contributed by atoms with Crippen molar-refractivity contribution in [2.45, 2.75) is 31.9 Å². The maximum atomic E-state index is 12.8. The molecular formula is C16H21ClF3N3S. The zero-order chi connectivity index (χ0) is 17.6. The number of piperidine rings is 1. The van der Waals surface area contributed by atoms with Crippen molar-refractivity contribution in [2.24, 2.45) is 0 Å². The van der Waals surface area contributed by atoms with Gasteiger partial charge in [-0.3, -0.25) is 0 Å². The number of anilines is 1. The Labute approximate surface area is 150 Å². The Morgan fingerprint density at radius 3 is 2.58 bits per heavy atom. The van der Waals surface area contributed by atoms with Gasteiger partial charge in [-0.25, -0.2) is 0 Å². The van der Waals surface area contributed by atoms with Crippen LogP contribution in [0.25, 0.3) is 0 Å². The highest BCUT2D eigenvalue weighted by atomic mass is 35.5. The number of alkyl halides is 3. The first kappa shape index (κ1) is 19.3. The minimum atomic E-state index is -4.49. The molecule has 0 spiro atoms. The molecule has 3 nitrogen and oxygen atoms in total. The molecule has 1 heterocycles. The molecule has 0 amide bonds. The summed E-state index contributed by atoms with van der Waals surface area (Å²) in [5.74, 6) is 0. The van der Waals surface area contributed by atoms with Gasteiger partial charge in [0.1, 0.15) is 0 Å². The first-order chi connectivity index (χ1) is 11.4. The van der Waals surface area contributed by atoms with E-state index in [0.717, 1.165) is 32.1 Å². The van der Waals surface area contributed by atoms with Gasteiger partial charge in [0, 0.05) is 12.2 Å². The Kier molecular flexibility index (Phi) is 7.13. The highest BCUT2D eigenvalue weighted by Crippen LogP contribution is 2.36. The van der Waals surface area contributed by atoms with Gasteiger partial charge in [0.05, 0.1) is 10.6 Å². The molecule has 0 saturated carbocycles. The lowest BCUT2D eigenvalue weighted by Crippen LogP contribution is -2.34. The maximum absolute atomic E-state index is 12.8. The summed E-state index contributed by atoms with van der Waals surface area (Å²) >= 11 is 10.7. The quantitative estimate of drug-likeness (QED) is 0.581. The van der Waals surface area contributed by atoms with Crippen LogP contribution >= 0.6 is 23.8 Å². The molecule has 24 heavy (non-hydrogen) atoms. The molecule has 134 valence electrons. The van der Waals surface area contributed by atoms with Crippen LogP contribution in [0.3, 0.4) is 0 Å². The number of likely N-dealkylation sites (tertiary alicyclic amines) is 1. The van der Waals surface area contributed by atoms with Gasteiger partial charge in [-0.15, -0.1) is 0 Å². The van der Waals surface area contributed by atoms with E-state index in [1.54, 1.807) is 0 Å². The van der Waals surface area contributed by atoms with Gasteiger partial charge in [-0.1, -0.05) is 18.0 Å². The van der Waals surface area contributed by atoms with E-state index >= 15 is 0 Å². The van der Waals surface area contributed by atoms with Crippen molar-refractivity contribution in [1.29, 1.82) is 0 Å². The molecule has 0 aliphatic carbocycles. The van der Waals surface area contributed by atoms with Gasteiger partial charge in [-0.05, 0) is 69.3 Å². The van der Waals surface area contributed by atoms with E-state index in [9.17, 15) is 13.2 Å². The number of thiocarbonyl (C=S) groups is 1. The number of hydrogen-bond donors (Lipinski definition) is 2. The third-order valence-corrected chi connectivity index (χ3v) is 4.49. The fourth-order valence-corrected chi connectivity index (χ4v) is 3.13. The molecule has 0 bridgehead atoms. The molecule has 2 N–H and O–H groups in total. The van der Waals surface area contributed by atoms with Crippen LogP contribution in [0.15, 0.2) is 18.2 Å². The summed E-state index contributed by atoms with van der Waals surface area (Å²) in [7, 11) is 0. The molecular weight excluding hydrogens is 359 g/mol. The zero-order valence-electron chi connectivity index (χ0n) is 13.3. The zero-order valence-corrected chi connectivity index (χ0v) is 14.8. The minimum Gasteiger partial charge on any atom is -0.362 e. The molecule has 0 unspecified atom stereocenters. The van der Waals surface area contributed by atoms with Crippen LogP contribution in [-0.2, 0) is 6.18 Å². The van der Waals surface area contributed by atoms with Gasteiger partial charge in [0.15, 0.2) is 5.11 Å². The van der Waals surface area contributed by atoms with Crippen molar-refractivity contribution < 1.29 is 13.2 Å². The molecule has 1 aromatic carbocycles. The van der Waals surface area contributed by atoms with Gasteiger partial charge in [-0.2, -0.15) is 13.2 Å². The highest BCUT2D eigenvalue weighted by molar-refractivity contribution is 7.80. The number of nitrogens with one attached hydrogen (secondary N) is 2. The number of halogens is 4. The van der Waals surface area contributed by atoms with E-state index in [2.05, 4.69) is 15.5 Å². The molecule has 0 radical (unpaired) electrons. The van der Waals surface area contributed by atoms with Crippen LogP contribution in [0.4, 0.5) is 18.9 Å². The van der Waals surface area contributed by atoms with E-state index in [4.69, 9.17) is 23.8 Å². The van der Waals surface area contributed by atoms with Crippen LogP contribution < -0.4 is 10.6 Å². The Bertz CT molecular complexity index is 560. The largest absolute Gasteiger partial charge is 0.417 e. The normalized spacial score (nSPS) is 16.0. The average molecular weight is 380 g/mol. The second-order valence-corrected chi connectivity index (χ2v) is 6.64. The summed E-state index contributed by atoms with van der Waals surface area (Å²) in [5.41, 5.74) is -0.609. The SMILES string of the molecule is FC(F)(F)c1cc(NC(=S)NCCCN2CCCCC2)ccc1Cl. The second-order valence-electron chi connectivity index (χ2n) is 5.83. The molecule has 8 heteroatoms. The summed E-state index contributed by atoms with van der Waals surface area (Å²) in [5, 5.41) is 5.77. The molecule has 1 aliphatic rings. The minimum absolute atomic E-state index is 0.264. The average Bonchev–Trinajstić information content (AvgIpc) is 2.53. The van der Waals surface area contributed by atoms with Crippen LogP contribution in [0.1, 0.15) is 31.2 Å². The monoisotopic (exact) mass is 379 g/mol. The van der Waals surface area contributed by atoms with Crippen LogP contribution in [0.5, 0.6) is 0 Å². The summed E-state index contributed by atoms with van der Waals surface area (Å²) in [6.45, 7) is 3.98. The third kappa shape index (κ3) is 6.11. The lowest BCUT2D eigenvalue weighted by atomic mass is 10.1. The molecule has 1 aromatic rings. The first-order valence-corrected chi connectivity index (χ1v) is 8.79. The fraction of sp³-hybridized carbons (Fsp3) is 0.562. The topological polar surface area (TPSA) is 27.3 Å². The molecule has 1 saturated heterocycles. The lowest BCUT2D eigenvalue weighted by Gasteiger charge is -2.26. The number of benzene rings is 1. The Morgan fingerprint density at radius 2 is 1.92 bits per heavy atom. The number of rotatable bonds is 5. The Balaban J connectivity index is 1.76. The smallest absolute Gasteiger partial charge is 0.362 e. The van der Waals surface area contributed by atoms with Crippen molar-refractivity contribution in [2.75, 3.05) is 31.5 Å². The van der Waals surface area contributed by atoms with Crippen molar-refractivity contribution in [3.63, 3.8) is 0 Å². The van der Waals surface area contributed by atoms with Crippen molar-refractivity contribution in [3.8, 4) is 0 Å². The van der Waals surface area contributed by atoms with E-state index in [1.165, 1.54) is 31.4 Å². The van der Waals surface area contributed by atoms with Gasteiger partial charge < -0.3 is 15.5 Å². The van der Waals surface area contributed by atoms with Crippen molar-refractivity contribution in [3.05, 3.63) is 28.8 Å². The Morgan fingerprint density at radius 1 is 1.21 bits per heavy atom. The molecule has 0 aromatic heterocycles. The van der Waals surface area contributed by atoms with E-state index in [-0.39, 0.29) is 10.7 Å². The highest BCUT2D eigenvalue weighted by Gasteiger charge is 2.33. The molecule has 1 fully saturated rings. The van der Waals surface area contributed by atoms with E-state index < -0.39 is 11.7 Å².